The second-order valence-electron chi connectivity index (χ2n) is 8.44. The molecule has 0 bridgehead atoms. The van der Waals surface area contributed by atoms with E-state index in [-0.39, 0.29) is 11.8 Å². The fraction of sp³-hybridized carbons (Fsp3) is 0.423. The van der Waals surface area contributed by atoms with Crippen molar-refractivity contribution in [3.63, 3.8) is 0 Å². The van der Waals surface area contributed by atoms with Gasteiger partial charge in [-0.25, -0.2) is 0 Å². The summed E-state index contributed by atoms with van der Waals surface area (Å²) < 4.78 is 12.9. The SMILES string of the molecule is CCn1cc(CN2CCC(C(=O)NCc3ccc(OC)cc3)CC2)c2cc(OC)ccc21. The van der Waals surface area contributed by atoms with Gasteiger partial charge in [-0.2, -0.15) is 0 Å². The van der Waals surface area contributed by atoms with Crippen molar-refractivity contribution < 1.29 is 14.3 Å². The van der Waals surface area contributed by atoms with Crippen LogP contribution >= 0.6 is 0 Å². The summed E-state index contributed by atoms with van der Waals surface area (Å²) in [5.41, 5.74) is 3.65. The van der Waals surface area contributed by atoms with Crippen molar-refractivity contribution in [1.82, 2.24) is 14.8 Å². The number of carbonyl (C=O) groups is 1. The molecule has 1 aliphatic rings. The molecule has 1 aromatic heterocycles. The highest BCUT2D eigenvalue weighted by Gasteiger charge is 2.25. The maximum atomic E-state index is 12.7. The van der Waals surface area contributed by atoms with Crippen LogP contribution in [0.15, 0.2) is 48.7 Å². The Hall–Kier alpha value is -2.99. The third-order valence-electron chi connectivity index (χ3n) is 6.49. The minimum Gasteiger partial charge on any atom is -0.497 e. The zero-order valence-corrected chi connectivity index (χ0v) is 19.3. The number of rotatable bonds is 8. The van der Waals surface area contributed by atoms with Crippen molar-refractivity contribution in [1.29, 1.82) is 0 Å². The molecule has 1 saturated heterocycles. The molecular weight excluding hydrogens is 402 g/mol. The number of benzene rings is 2. The van der Waals surface area contributed by atoms with E-state index >= 15 is 0 Å². The van der Waals surface area contributed by atoms with Gasteiger partial charge in [0.25, 0.3) is 0 Å². The quantitative estimate of drug-likeness (QED) is 0.576. The van der Waals surface area contributed by atoms with Crippen LogP contribution in [0.1, 0.15) is 30.9 Å². The molecule has 1 aliphatic heterocycles. The van der Waals surface area contributed by atoms with Gasteiger partial charge in [0.05, 0.1) is 14.2 Å². The number of nitrogens with one attached hydrogen (secondary N) is 1. The number of aryl methyl sites for hydroxylation is 1. The molecule has 0 atom stereocenters. The Morgan fingerprint density at radius 2 is 1.72 bits per heavy atom. The van der Waals surface area contributed by atoms with Crippen LogP contribution in [-0.4, -0.2) is 42.7 Å². The van der Waals surface area contributed by atoms with E-state index in [0.29, 0.717) is 6.54 Å². The van der Waals surface area contributed by atoms with Crippen LogP contribution in [0.2, 0.25) is 0 Å². The topological polar surface area (TPSA) is 55.7 Å². The highest BCUT2D eigenvalue weighted by Crippen LogP contribution is 2.28. The number of piperidine rings is 1. The zero-order chi connectivity index (χ0) is 22.5. The van der Waals surface area contributed by atoms with E-state index in [4.69, 9.17) is 9.47 Å². The van der Waals surface area contributed by atoms with Crippen LogP contribution in [0, 0.1) is 5.92 Å². The molecule has 0 saturated carbocycles. The van der Waals surface area contributed by atoms with E-state index in [2.05, 4.69) is 40.0 Å². The minimum atomic E-state index is 0.0848. The van der Waals surface area contributed by atoms with E-state index in [9.17, 15) is 4.79 Å². The van der Waals surface area contributed by atoms with Gasteiger partial charge in [0.1, 0.15) is 11.5 Å². The lowest BCUT2D eigenvalue weighted by Crippen LogP contribution is -2.40. The Morgan fingerprint density at radius 3 is 2.38 bits per heavy atom. The normalized spacial score (nSPS) is 15.1. The number of carbonyl (C=O) groups excluding carboxylic acids is 1. The van der Waals surface area contributed by atoms with Crippen LogP contribution in [0.5, 0.6) is 11.5 Å². The van der Waals surface area contributed by atoms with Crippen molar-refractivity contribution in [2.24, 2.45) is 5.92 Å². The lowest BCUT2D eigenvalue weighted by molar-refractivity contribution is -0.126. The van der Waals surface area contributed by atoms with Gasteiger partial charge in [0, 0.05) is 42.7 Å². The number of methoxy groups -OCH3 is 2. The third kappa shape index (κ3) is 4.91. The van der Waals surface area contributed by atoms with Gasteiger partial charge in [-0.1, -0.05) is 12.1 Å². The van der Waals surface area contributed by atoms with E-state index in [1.54, 1.807) is 14.2 Å². The zero-order valence-electron chi connectivity index (χ0n) is 19.3. The van der Waals surface area contributed by atoms with Crippen molar-refractivity contribution in [2.45, 2.75) is 39.4 Å². The number of ether oxygens (including phenoxy) is 2. The summed E-state index contributed by atoms with van der Waals surface area (Å²) in [5.74, 6) is 1.96. The Morgan fingerprint density at radius 1 is 1.03 bits per heavy atom. The predicted molar refractivity (Wildman–Crippen MR) is 127 cm³/mol. The molecule has 1 amide bonds. The molecule has 0 spiro atoms. The van der Waals surface area contributed by atoms with Crippen LogP contribution in [0.4, 0.5) is 0 Å². The monoisotopic (exact) mass is 435 g/mol. The molecule has 170 valence electrons. The van der Waals surface area contributed by atoms with Crippen molar-refractivity contribution in [2.75, 3.05) is 27.3 Å². The number of fused-ring (bicyclic) bond motifs is 1. The first kappa shape index (κ1) is 22.2. The van der Waals surface area contributed by atoms with Crippen molar-refractivity contribution in [3.05, 3.63) is 59.8 Å². The molecule has 6 nitrogen and oxygen atoms in total. The summed E-state index contributed by atoms with van der Waals surface area (Å²) in [5, 5.41) is 4.36. The van der Waals surface area contributed by atoms with E-state index in [0.717, 1.165) is 56.1 Å². The Balaban J connectivity index is 1.32. The molecule has 32 heavy (non-hydrogen) atoms. The number of likely N-dealkylation sites (tertiary alicyclic amines) is 1. The van der Waals surface area contributed by atoms with Crippen LogP contribution in [0.3, 0.4) is 0 Å². The van der Waals surface area contributed by atoms with Crippen LogP contribution in [-0.2, 0) is 24.4 Å². The maximum absolute atomic E-state index is 12.7. The summed E-state index contributed by atoms with van der Waals surface area (Å²) >= 11 is 0. The number of nitrogens with zero attached hydrogens (tertiary/aromatic N) is 2. The first-order valence-corrected chi connectivity index (χ1v) is 11.4. The van der Waals surface area contributed by atoms with E-state index in [1.807, 2.05) is 30.3 Å². The first-order valence-electron chi connectivity index (χ1n) is 11.4. The Kier molecular flexibility index (Phi) is 7.00. The maximum Gasteiger partial charge on any atom is 0.223 e. The van der Waals surface area contributed by atoms with E-state index < -0.39 is 0 Å². The molecule has 2 aromatic carbocycles. The van der Waals surface area contributed by atoms with Gasteiger partial charge < -0.3 is 19.4 Å². The largest absolute Gasteiger partial charge is 0.497 e. The molecule has 1 fully saturated rings. The van der Waals surface area contributed by atoms with Gasteiger partial charge in [0.2, 0.25) is 5.91 Å². The summed E-state index contributed by atoms with van der Waals surface area (Å²) in [6.45, 7) is 6.44. The fourth-order valence-electron chi connectivity index (χ4n) is 4.54. The number of amides is 1. The average Bonchev–Trinajstić information content (AvgIpc) is 3.19. The van der Waals surface area contributed by atoms with Crippen LogP contribution in [0.25, 0.3) is 10.9 Å². The standard InChI is InChI=1S/C26H33N3O3/c1-4-29-18-21(24-15-23(32-3)9-10-25(24)29)17-28-13-11-20(12-14-28)26(30)27-16-19-5-7-22(31-2)8-6-19/h5-10,15,18,20H,4,11-14,16-17H2,1-3H3,(H,27,30). The lowest BCUT2D eigenvalue weighted by Gasteiger charge is -2.31. The number of hydrogen-bond acceptors (Lipinski definition) is 4. The minimum absolute atomic E-state index is 0.0848. The van der Waals surface area contributed by atoms with Gasteiger partial charge in [-0.3, -0.25) is 9.69 Å². The van der Waals surface area contributed by atoms with Gasteiger partial charge in [0.15, 0.2) is 0 Å². The second kappa shape index (κ2) is 10.1. The van der Waals surface area contributed by atoms with Gasteiger partial charge >= 0.3 is 0 Å². The summed E-state index contributed by atoms with van der Waals surface area (Å²) in [7, 11) is 3.37. The summed E-state index contributed by atoms with van der Waals surface area (Å²) in [6, 6.07) is 14.1. The predicted octanol–water partition coefficient (Wildman–Crippen LogP) is 4.21. The molecule has 0 radical (unpaired) electrons. The van der Waals surface area contributed by atoms with Crippen LogP contribution < -0.4 is 14.8 Å². The molecule has 2 heterocycles. The molecule has 1 N–H and O–H groups in total. The van der Waals surface area contributed by atoms with Gasteiger partial charge in [-0.05, 0) is 74.3 Å². The Bertz CT molecular complexity index is 1050. The average molecular weight is 436 g/mol. The van der Waals surface area contributed by atoms with Gasteiger partial charge in [-0.15, -0.1) is 0 Å². The first-order chi connectivity index (χ1) is 15.6. The summed E-state index contributed by atoms with van der Waals surface area (Å²) in [6.07, 6.45) is 4.05. The fourth-order valence-corrected chi connectivity index (χ4v) is 4.54. The molecule has 0 unspecified atom stereocenters. The number of aromatic nitrogens is 1. The molecule has 3 aromatic rings. The van der Waals surface area contributed by atoms with Crippen molar-refractivity contribution in [3.8, 4) is 11.5 Å². The molecule has 6 heteroatoms. The summed E-state index contributed by atoms with van der Waals surface area (Å²) in [4.78, 5) is 15.1. The Labute approximate surface area is 190 Å². The second-order valence-corrected chi connectivity index (χ2v) is 8.44. The van der Waals surface area contributed by atoms with Crippen molar-refractivity contribution >= 4 is 16.8 Å². The molecule has 4 rings (SSSR count). The highest BCUT2D eigenvalue weighted by molar-refractivity contribution is 5.85. The molecule has 0 aliphatic carbocycles. The van der Waals surface area contributed by atoms with E-state index in [1.165, 1.54) is 16.5 Å². The highest BCUT2D eigenvalue weighted by atomic mass is 16.5. The molecular formula is C26H33N3O3. The smallest absolute Gasteiger partial charge is 0.223 e. The lowest BCUT2D eigenvalue weighted by atomic mass is 9.95. The number of hydrogen-bond donors (Lipinski definition) is 1. The third-order valence-corrected chi connectivity index (χ3v) is 6.49.